The van der Waals surface area contributed by atoms with Crippen LogP contribution in [0.15, 0.2) is 16.7 Å². The second-order valence-electron chi connectivity index (χ2n) is 5.26. The lowest BCUT2D eigenvalue weighted by Crippen LogP contribution is -2.37. The smallest absolute Gasteiger partial charge is 0.191 e. The van der Waals surface area contributed by atoms with E-state index >= 15 is 0 Å². The predicted octanol–water partition coefficient (Wildman–Crippen LogP) is 1.66. The molecule has 7 nitrogen and oxygen atoms in total. The summed E-state index contributed by atoms with van der Waals surface area (Å²) >= 11 is 1.75. The highest BCUT2D eigenvalue weighted by molar-refractivity contribution is 7.09. The zero-order valence-corrected chi connectivity index (χ0v) is 14.9. The van der Waals surface area contributed by atoms with Crippen molar-refractivity contribution in [1.29, 1.82) is 0 Å². The fourth-order valence-corrected chi connectivity index (χ4v) is 2.90. The van der Waals surface area contributed by atoms with Gasteiger partial charge in [0.25, 0.3) is 0 Å². The van der Waals surface area contributed by atoms with E-state index in [4.69, 9.17) is 0 Å². The van der Waals surface area contributed by atoms with Crippen LogP contribution in [0.2, 0.25) is 0 Å². The Balaban J connectivity index is 1.70. The molecule has 0 unspecified atom stereocenters. The van der Waals surface area contributed by atoms with E-state index in [1.165, 1.54) is 5.01 Å². The minimum Gasteiger partial charge on any atom is -0.357 e. The van der Waals surface area contributed by atoms with Gasteiger partial charge in [-0.3, -0.25) is 4.68 Å². The average Bonchev–Trinajstić information content (AvgIpc) is 3.13. The number of nitrogens with zero attached hydrogens (tertiary/aromatic N) is 5. The molecular formula is C15H25N7S. The molecule has 0 spiro atoms. The molecule has 0 saturated heterocycles. The molecule has 8 heteroatoms. The standard InChI is InChI=1S/C15H25N7S/c1-4-16-15(18-9-13-19-11-20-22(13)3)17-8-6-5-7-14-21-12(2)10-23-14/h10-11H,4-9H2,1-3H3,(H2,16,17,18). The van der Waals surface area contributed by atoms with Crippen molar-refractivity contribution >= 4 is 17.3 Å². The predicted molar refractivity (Wildman–Crippen MR) is 93.6 cm³/mol. The Hall–Kier alpha value is -1.96. The number of aliphatic imine (C=N–C) groups is 1. The summed E-state index contributed by atoms with van der Waals surface area (Å²) in [4.78, 5) is 13.2. The van der Waals surface area contributed by atoms with E-state index < -0.39 is 0 Å². The highest BCUT2D eigenvalue weighted by Gasteiger charge is 2.02. The lowest BCUT2D eigenvalue weighted by molar-refractivity contribution is 0.681. The molecule has 0 bridgehead atoms. The van der Waals surface area contributed by atoms with Crippen LogP contribution in [-0.4, -0.2) is 38.8 Å². The van der Waals surface area contributed by atoms with Crippen LogP contribution >= 0.6 is 11.3 Å². The zero-order valence-electron chi connectivity index (χ0n) is 14.0. The van der Waals surface area contributed by atoms with Gasteiger partial charge in [-0.1, -0.05) is 0 Å². The molecule has 0 aliphatic carbocycles. The number of guanidine groups is 1. The first-order valence-corrected chi connectivity index (χ1v) is 8.83. The van der Waals surface area contributed by atoms with Crippen molar-refractivity contribution in [3.05, 3.63) is 28.2 Å². The molecular weight excluding hydrogens is 310 g/mol. The summed E-state index contributed by atoms with van der Waals surface area (Å²) in [6, 6.07) is 0. The maximum atomic E-state index is 4.54. The van der Waals surface area contributed by atoms with E-state index in [1.54, 1.807) is 22.3 Å². The number of aromatic nitrogens is 4. The van der Waals surface area contributed by atoms with E-state index in [2.05, 4.69) is 43.0 Å². The number of thiazole rings is 1. The second kappa shape index (κ2) is 9.24. The molecule has 2 rings (SSSR count). The Morgan fingerprint density at radius 3 is 2.87 bits per heavy atom. The Kier molecular flexibility index (Phi) is 6.99. The van der Waals surface area contributed by atoms with Crippen LogP contribution in [0.1, 0.15) is 36.3 Å². The maximum Gasteiger partial charge on any atom is 0.191 e. The van der Waals surface area contributed by atoms with Gasteiger partial charge in [0.1, 0.15) is 18.7 Å². The van der Waals surface area contributed by atoms with Gasteiger partial charge in [0.2, 0.25) is 0 Å². The highest BCUT2D eigenvalue weighted by Crippen LogP contribution is 2.11. The van der Waals surface area contributed by atoms with Gasteiger partial charge < -0.3 is 10.6 Å². The summed E-state index contributed by atoms with van der Waals surface area (Å²) in [5.74, 6) is 1.67. The van der Waals surface area contributed by atoms with Gasteiger partial charge in [0.05, 0.1) is 5.01 Å². The third-order valence-electron chi connectivity index (χ3n) is 3.30. The van der Waals surface area contributed by atoms with E-state index in [0.717, 1.165) is 49.8 Å². The molecule has 0 aliphatic heterocycles. The van der Waals surface area contributed by atoms with Gasteiger partial charge in [-0.15, -0.1) is 11.3 Å². The Labute approximate surface area is 141 Å². The second-order valence-corrected chi connectivity index (χ2v) is 6.20. The molecule has 2 N–H and O–H groups in total. The molecule has 0 radical (unpaired) electrons. The molecule has 2 aromatic rings. The van der Waals surface area contributed by atoms with E-state index in [9.17, 15) is 0 Å². The van der Waals surface area contributed by atoms with Crippen molar-refractivity contribution in [2.75, 3.05) is 13.1 Å². The number of unbranched alkanes of at least 4 members (excludes halogenated alkanes) is 1. The number of aryl methyl sites for hydroxylation is 3. The third-order valence-corrected chi connectivity index (χ3v) is 4.33. The van der Waals surface area contributed by atoms with Crippen LogP contribution in [-0.2, 0) is 20.0 Å². The molecule has 0 fully saturated rings. The van der Waals surface area contributed by atoms with Crippen LogP contribution in [0.25, 0.3) is 0 Å². The Morgan fingerprint density at radius 2 is 2.22 bits per heavy atom. The summed E-state index contributed by atoms with van der Waals surface area (Å²) in [6.07, 6.45) is 4.81. The first kappa shape index (κ1) is 17.4. The molecule has 126 valence electrons. The van der Waals surface area contributed by atoms with Gasteiger partial charge >= 0.3 is 0 Å². The Bertz CT molecular complexity index is 617. The minimum atomic E-state index is 0.518. The van der Waals surface area contributed by atoms with Crippen LogP contribution in [0.4, 0.5) is 0 Å². The highest BCUT2D eigenvalue weighted by atomic mass is 32.1. The largest absolute Gasteiger partial charge is 0.357 e. The topological polar surface area (TPSA) is 80.0 Å². The molecule has 23 heavy (non-hydrogen) atoms. The maximum absolute atomic E-state index is 4.54. The van der Waals surface area contributed by atoms with Gasteiger partial charge in [0, 0.05) is 31.2 Å². The van der Waals surface area contributed by atoms with Crippen molar-refractivity contribution < 1.29 is 0 Å². The first-order chi connectivity index (χ1) is 11.2. The van der Waals surface area contributed by atoms with Gasteiger partial charge in [-0.2, -0.15) is 5.10 Å². The lowest BCUT2D eigenvalue weighted by atomic mass is 10.2. The summed E-state index contributed by atoms with van der Waals surface area (Å²) in [5.41, 5.74) is 1.12. The molecule has 0 amide bonds. The third kappa shape index (κ3) is 5.97. The molecule has 2 heterocycles. The van der Waals surface area contributed by atoms with Gasteiger partial charge in [0.15, 0.2) is 5.96 Å². The van der Waals surface area contributed by atoms with E-state index in [0.29, 0.717) is 6.54 Å². The SMILES string of the molecule is CCNC(=NCc1ncnn1C)NCCCCc1nc(C)cs1. The van der Waals surface area contributed by atoms with Crippen LogP contribution in [0.5, 0.6) is 0 Å². The van der Waals surface area contributed by atoms with Crippen molar-refractivity contribution in [2.45, 2.75) is 39.7 Å². The average molecular weight is 335 g/mol. The molecule has 2 aromatic heterocycles. The number of nitrogens with one attached hydrogen (secondary N) is 2. The molecule has 0 aliphatic rings. The molecule has 0 aromatic carbocycles. The number of rotatable bonds is 8. The molecule has 0 atom stereocenters. The van der Waals surface area contributed by atoms with Crippen molar-refractivity contribution in [3.63, 3.8) is 0 Å². The summed E-state index contributed by atoms with van der Waals surface area (Å²) in [5, 5.41) is 14.0. The summed E-state index contributed by atoms with van der Waals surface area (Å²) in [6.45, 7) is 6.35. The summed E-state index contributed by atoms with van der Waals surface area (Å²) < 4.78 is 1.74. The minimum absolute atomic E-state index is 0.518. The molecule has 0 saturated carbocycles. The Morgan fingerprint density at radius 1 is 1.35 bits per heavy atom. The number of hydrogen-bond acceptors (Lipinski definition) is 5. The van der Waals surface area contributed by atoms with E-state index in [-0.39, 0.29) is 0 Å². The fraction of sp³-hybridized carbons (Fsp3) is 0.600. The van der Waals surface area contributed by atoms with Gasteiger partial charge in [-0.05, 0) is 33.1 Å². The fourth-order valence-electron chi connectivity index (χ4n) is 2.08. The summed E-state index contributed by atoms with van der Waals surface area (Å²) in [7, 11) is 1.87. The quantitative estimate of drug-likeness (QED) is 0.436. The zero-order chi connectivity index (χ0) is 16.5. The van der Waals surface area contributed by atoms with E-state index in [1.807, 2.05) is 14.0 Å². The van der Waals surface area contributed by atoms with Crippen LogP contribution < -0.4 is 10.6 Å². The monoisotopic (exact) mass is 335 g/mol. The first-order valence-electron chi connectivity index (χ1n) is 7.95. The van der Waals surface area contributed by atoms with Crippen LogP contribution in [0, 0.1) is 6.92 Å². The normalized spacial score (nSPS) is 11.7. The van der Waals surface area contributed by atoms with Crippen LogP contribution in [0.3, 0.4) is 0 Å². The van der Waals surface area contributed by atoms with Crippen molar-refractivity contribution in [2.24, 2.45) is 12.0 Å². The van der Waals surface area contributed by atoms with Gasteiger partial charge in [-0.25, -0.2) is 15.0 Å². The lowest BCUT2D eigenvalue weighted by Gasteiger charge is -2.10. The number of hydrogen-bond donors (Lipinski definition) is 2. The van der Waals surface area contributed by atoms with Crippen molar-refractivity contribution in [3.8, 4) is 0 Å². The van der Waals surface area contributed by atoms with Crippen molar-refractivity contribution in [1.82, 2.24) is 30.4 Å².